The van der Waals surface area contributed by atoms with Crippen LogP contribution in [0.25, 0.3) is 0 Å². The average molecular weight is 507 g/mol. The molecule has 0 radical (unpaired) electrons. The van der Waals surface area contributed by atoms with Crippen LogP contribution in [-0.2, 0) is 22.6 Å². The van der Waals surface area contributed by atoms with E-state index < -0.39 is 6.04 Å². The maximum absolute atomic E-state index is 13.6. The standard InChI is InChI=1S/C30H35ClN2O3/c1-23(2)21-32-30(35)28(20-24-10-5-3-6-11-24)33(22-25-15-17-26(31)18-16-25)29(34)14-9-19-36-27-12-7-4-8-13-27/h3-8,10-13,15-18,23,28H,9,14,19-22H2,1-2H3,(H,32,35)/t28-/m1/s1. The van der Waals surface area contributed by atoms with Gasteiger partial charge < -0.3 is 15.0 Å². The van der Waals surface area contributed by atoms with Gasteiger partial charge in [-0.1, -0.05) is 86.1 Å². The molecule has 190 valence electrons. The second-order valence-corrected chi connectivity index (χ2v) is 9.69. The number of hydrogen-bond donors (Lipinski definition) is 1. The van der Waals surface area contributed by atoms with Gasteiger partial charge in [-0.25, -0.2) is 0 Å². The van der Waals surface area contributed by atoms with Crippen LogP contribution in [0, 0.1) is 5.92 Å². The lowest BCUT2D eigenvalue weighted by Gasteiger charge is -2.32. The zero-order valence-electron chi connectivity index (χ0n) is 21.0. The van der Waals surface area contributed by atoms with E-state index in [9.17, 15) is 9.59 Å². The highest BCUT2D eigenvalue weighted by molar-refractivity contribution is 6.30. The van der Waals surface area contributed by atoms with Crippen molar-refractivity contribution in [3.8, 4) is 5.75 Å². The van der Waals surface area contributed by atoms with Crippen LogP contribution in [0.1, 0.15) is 37.8 Å². The number of nitrogens with zero attached hydrogens (tertiary/aromatic N) is 1. The molecular formula is C30H35ClN2O3. The molecule has 0 heterocycles. The Labute approximate surface area is 219 Å². The molecule has 1 atom stereocenters. The van der Waals surface area contributed by atoms with Crippen LogP contribution in [0.15, 0.2) is 84.9 Å². The first-order chi connectivity index (χ1) is 17.4. The van der Waals surface area contributed by atoms with Crippen LogP contribution in [0.3, 0.4) is 0 Å². The summed E-state index contributed by atoms with van der Waals surface area (Å²) in [6.45, 7) is 5.40. The quantitative estimate of drug-likeness (QED) is 0.293. The minimum absolute atomic E-state index is 0.0813. The van der Waals surface area contributed by atoms with E-state index in [1.807, 2.05) is 72.8 Å². The Morgan fingerprint density at radius 3 is 2.17 bits per heavy atom. The smallest absolute Gasteiger partial charge is 0.243 e. The van der Waals surface area contributed by atoms with Crippen molar-refractivity contribution in [1.29, 1.82) is 0 Å². The molecule has 1 N–H and O–H groups in total. The summed E-state index contributed by atoms with van der Waals surface area (Å²) in [7, 11) is 0. The summed E-state index contributed by atoms with van der Waals surface area (Å²) in [5.74, 6) is 0.859. The number of ether oxygens (including phenoxy) is 1. The maximum Gasteiger partial charge on any atom is 0.243 e. The molecule has 0 bridgehead atoms. The zero-order valence-corrected chi connectivity index (χ0v) is 21.8. The normalized spacial score (nSPS) is 11.7. The molecule has 3 rings (SSSR count). The van der Waals surface area contributed by atoms with E-state index in [2.05, 4.69) is 19.2 Å². The molecule has 0 unspecified atom stereocenters. The van der Waals surface area contributed by atoms with Gasteiger partial charge in [0.1, 0.15) is 11.8 Å². The van der Waals surface area contributed by atoms with Crippen LogP contribution >= 0.6 is 11.6 Å². The molecule has 2 amide bonds. The third kappa shape index (κ3) is 9.04. The summed E-state index contributed by atoms with van der Waals surface area (Å²) in [6, 6.07) is 26.1. The molecule has 0 saturated carbocycles. The van der Waals surface area contributed by atoms with Gasteiger partial charge in [0, 0.05) is 31.0 Å². The second-order valence-electron chi connectivity index (χ2n) is 9.26. The summed E-state index contributed by atoms with van der Waals surface area (Å²) < 4.78 is 5.77. The van der Waals surface area contributed by atoms with Crippen LogP contribution in [-0.4, -0.2) is 35.9 Å². The van der Waals surface area contributed by atoms with Gasteiger partial charge in [0.2, 0.25) is 11.8 Å². The molecule has 36 heavy (non-hydrogen) atoms. The first-order valence-electron chi connectivity index (χ1n) is 12.5. The SMILES string of the molecule is CC(C)CNC(=O)[C@@H](Cc1ccccc1)N(Cc1ccc(Cl)cc1)C(=O)CCCOc1ccccc1. The van der Waals surface area contributed by atoms with Crippen molar-refractivity contribution in [2.45, 2.75) is 45.7 Å². The minimum Gasteiger partial charge on any atom is -0.494 e. The first kappa shape index (κ1) is 27.3. The molecule has 0 aliphatic carbocycles. The molecule has 0 aliphatic heterocycles. The number of hydrogen-bond acceptors (Lipinski definition) is 3. The van der Waals surface area contributed by atoms with Gasteiger partial charge in [0.05, 0.1) is 6.61 Å². The van der Waals surface area contributed by atoms with Crippen molar-refractivity contribution in [2.24, 2.45) is 5.92 Å². The second kappa shape index (κ2) is 14.3. The number of halogens is 1. The van der Waals surface area contributed by atoms with Gasteiger partial charge >= 0.3 is 0 Å². The van der Waals surface area contributed by atoms with Crippen LogP contribution in [0.2, 0.25) is 5.02 Å². The van der Waals surface area contributed by atoms with Crippen molar-refractivity contribution in [2.75, 3.05) is 13.2 Å². The maximum atomic E-state index is 13.6. The molecule has 0 fully saturated rings. The summed E-state index contributed by atoms with van der Waals surface area (Å²) >= 11 is 6.08. The summed E-state index contributed by atoms with van der Waals surface area (Å²) in [4.78, 5) is 28.7. The number of nitrogens with one attached hydrogen (secondary N) is 1. The van der Waals surface area contributed by atoms with Gasteiger partial charge in [-0.15, -0.1) is 0 Å². The number of para-hydroxylation sites is 1. The lowest BCUT2D eigenvalue weighted by atomic mass is 10.0. The lowest BCUT2D eigenvalue weighted by molar-refractivity contribution is -0.141. The van der Waals surface area contributed by atoms with E-state index in [1.54, 1.807) is 17.0 Å². The molecular weight excluding hydrogens is 472 g/mol. The van der Waals surface area contributed by atoms with Crippen LogP contribution in [0.5, 0.6) is 5.75 Å². The third-order valence-corrected chi connectivity index (χ3v) is 6.02. The van der Waals surface area contributed by atoms with Crippen molar-refractivity contribution in [1.82, 2.24) is 10.2 Å². The summed E-state index contributed by atoms with van der Waals surface area (Å²) in [5, 5.41) is 3.67. The Morgan fingerprint density at radius 1 is 0.889 bits per heavy atom. The van der Waals surface area contributed by atoms with E-state index >= 15 is 0 Å². The van der Waals surface area contributed by atoms with Crippen molar-refractivity contribution >= 4 is 23.4 Å². The predicted octanol–water partition coefficient (Wildman–Crippen LogP) is 5.91. The van der Waals surface area contributed by atoms with Crippen molar-refractivity contribution in [3.63, 3.8) is 0 Å². The molecule has 5 nitrogen and oxygen atoms in total. The van der Waals surface area contributed by atoms with E-state index in [0.717, 1.165) is 16.9 Å². The Morgan fingerprint density at radius 2 is 1.53 bits per heavy atom. The molecule has 0 saturated heterocycles. The molecule has 3 aromatic rings. The van der Waals surface area contributed by atoms with Gasteiger partial charge in [-0.2, -0.15) is 0 Å². The van der Waals surface area contributed by atoms with Crippen LogP contribution < -0.4 is 10.1 Å². The number of carbonyl (C=O) groups is 2. The minimum atomic E-state index is -0.635. The Kier molecular flexibility index (Phi) is 10.8. The van der Waals surface area contributed by atoms with Crippen molar-refractivity contribution < 1.29 is 14.3 Å². The Bertz CT molecular complexity index is 1070. The summed E-state index contributed by atoms with van der Waals surface area (Å²) in [6.07, 6.45) is 1.27. The third-order valence-electron chi connectivity index (χ3n) is 5.77. The summed E-state index contributed by atoms with van der Waals surface area (Å²) in [5.41, 5.74) is 1.92. The first-order valence-corrected chi connectivity index (χ1v) is 12.8. The van der Waals surface area contributed by atoms with Gasteiger partial charge in [0.25, 0.3) is 0 Å². The van der Waals surface area contributed by atoms with Crippen molar-refractivity contribution in [3.05, 3.63) is 101 Å². The average Bonchev–Trinajstić information content (AvgIpc) is 2.89. The molecule has 0 aromatic heterocycles. The molecule has 3 aromatic carbocycles. The van der Waals surface area contributed by atoms with E-state index in [1.165, 1.54) is 0 Å². The van der Waals surface area contributed by atoms with Gasteiger partial charge in [-0.3, -0.25) is 9.59 Å². The number of rotatable bonds is 13. The van der Waals surface area contributed by atoms with E-state index in [0.29, 0.717) is 43.5 Å². The highest BCUT2D eigenvalue weighted by atomic mass is 35.5. The number of amides is 2. The molecule has 0 spiro atoms. The fourth-order valence-corrected chi connectivity index (χ4v) is 3.96. The van der Waals surface area contributed by atoms with Gasteiger partial charge in [0.15, 0.2) is 0 Å². The van der Waals surface area contributed by atoms with Gasteiger partial charge in [-0.05, 0) is 47.7 Å². The molecule has 0 aliphatic rings. The lowest BCUT2D eigenvalue weighted by Crippen LogP contribution is -2.51. The number of benzene rings is 3. The highest BCUT2D eigenvalue weighted by Crippen LogP contribution is 2.18. The largest absolute Gasteiger partial charge is 0.494 e. The van der Waals surface area contributed by atoms with E-state index in [-0.39, 0.29) is 18.2 Å². The Balaban J connectivity index is 1.78. The number of carbonyl (C=O) groups excluding carboxylic acids is 2. The fraction of sp³-hybridized carbons (Fsp3) is 0.333. The monoisotopic (exact) mass is 506 g/mol. The molecule has 6 heteroatoms. The fourth-order valence-electron chi connectivity index (χ4n) is 3.84. The highest BCUT2D eigenvalue weighted by Gasteiger charge is 2.30. The topological polar surface area (TPSA) is 58.6 Å². The zero-order chi connectivity index (χ0) is 25.8. The Hall–Kier alpha value is -3.31. The van der Waals surface area contributed by atoms with Crippen LogP contribution in [0.4, 0.5) is 0 Å². The van der Waals surface area contributed by atoms with E-state index in [4.69, 9.17) is 16.3 Å². The predicted molar refractivity (Wildman–Crippen MR) is 145 cm³/mol.